The van der Waals surface area contributed by atoms with Crippen molar-refractivity contribution in [2.24, 2.45) is 5.73 Å². The summed E-state index contributed by atoms with van der Waals surface area (Å²) in [6.45, 7) is 3.99. The minimum absolute atomic E-state index is 0.349. The fourth-order valence-electron chi connectivity index (χ4n) is 1.91. The SMILES string of the molecule is CCCCCCOCc1ccc(OC)c(C#CCN)c1. The van der Waals surface area contributed by atoms with Gasteiger partial charge in [0, 0.05) is 6.61 Å². The van der Waals surface area contributed by atoms with E-state index >= 15 is 0 Å². The van der Waals surface area contributed by atoms with Crippen molar-refractivity contribution in [1.82, 2.24) is 0 Å². The summed E-state index contributed by atoms with van der Waals surface area (Å²) in [6, 6.07) is 5.95. The van der Waals surface area contributed by atoms with Gasteiger partial charge in [-0.05, 0) is 24.1 Å². The van der Waals surface area contributed by atoms with Crippen LogP contribution in [0.25, 0.3) is 0 Å². The Morgan fingerprint density at radius 1 is 1.20 bits per heavy atom. The molecule has 0 amide bonds. The van der Waals surface area contributed by atoms with Gasteiger partial charge in [0.1, 0.15) is 5.75 Å². The summed E-state index contributed by atoms with van der Waals surface area (Å²) in [4.78, 5) is 0. The first-order valence-electron chi connectivity index (χ1n) is 7.25. The number of benzene rings is 1. The Hall–Kier alpha value is -1.50. The van der Waals surface area contributed by atoms with Crippen LogP contribution in [0.5, 0.6) is 5.75 Å². The summed E-state index contributed by atoms with van der Waals surface area (Å²) in [5.74, 6) is 6.66. The van der Waals surface area contributed by atoms with Crippen molar-refractivity contribution in [3.05, 3.63) is 29.3 Å². The molecule has 0 unspecified atom stereocenters. The van der Waals surface area contributed by atoms with E-state index in [2.05, 4.69) is 18.8 Å². The van der Waals surface area contributed by atoms with Gasteiger partial charge in [-0.2, -0.15) is 0 Å². The molecule has 0 aliphatic rings. The van der Waals surface area contributed by atoms with Crippen molar-refractivity contribution in [2.75, 3.05) is 20.3 Å². The predicted octanol–water partition coefficient (Wildman–Crippen LogP) is 3.10. The monoisotopic (exact) mass is 275 g/mol. The lowest BCUT2D eigenvalue weighted by Gasteiger charge is -2.08. The van der Waals surface area contributed by atoms with E-state index in [1.54, 1.807) is 7.11 Å². The van der Waals surface area contributed by atoms with E-state index in [0.29, 0.717) is 13.2 Å². The topological polar surface area (TPSA) is 44.5 Å². The summed E-state index contributed by atoms with van der Waals surface area (Å²) in [5, 5.41) is 0. The number of nitrogens with two attached hydrogens (primary N) is 1. The van der Waals surface area contributed by atoms with E-state index in [0.717, 1.165) is 29.9 Å². The molecule has 1 rings (SSSR count). The molecule has 0 atom stereocenters. The zero-order chi connectivity index (χ0) is 14.6. The molecule has 110 valence electrons. The quantitative estimate of drug-likeness (QED) is 0.585. The Morgan fingerprint density at radius 2 is 2.05 bits per heavy atom. The van der Waals surface area contributed by atoms with Crippen LogP contribution in [0, 0.1) is 11.8 Å². The molecular weight excluding hydrogens is 250 g/mol. The molecule has 0 aliphatic heterocycles. The smallest absolute Gasteiger partial charge is 0.134 e. The van der Waals surface area contributed by atoms with Crippen LogP contribution in [0.15, 0.2) is 18.2 Å². The average molecular weight is 275 g/mol. The molecule has 0 aromatic heterocycles. The van der Waals surface area contributed by atoms with Crippen LogP contribution >= 0.6 is 0 Å². The highest BCUT2D eigenvalue weighted by atomic mass is 16.5. The Bertz CT molecular complexity index is 446. The number of hydrogen-bond donors (Lipinski definition) is 1. The van der Waals surface area contributed by atoms with Gasteiger partial charge in [-0.1, -0.05) is 44.1 Å². The Balaban J connectivity index is 2.50. The summed E-state index contributed by atoms with van der Waals surface area (Å²) in [5.41, 5.74) is 7.38. The molecule has 0 heterocycles. The second-order valence-corrected chi connectivity index (χ2v) is 4.65. The summed E-state index contributed by atoms with van der Waals surface area (Å²) in [7, 11) is 1.65. The number of ether oxygens (including phenoxy) is 2. The third kappa shape index (κ3) is 6.10. The van der Waals surface area contributed by atoms with Gasteiger partial charge in [0.2, 0.25) is 0 Å². The predicted molar refractivity (Wildman–Crippen MR) is 82.7 cm³/mol. The van der Waals surface area contributed by atoms with Crippen LogP contribution in [0.3, 0.4) is 0 Å². The van der Waals surface area contributed by atoms with Gasteiger partial charge in [-0.3, -0.25) is 0 Å². The van der Waals surface area contributed by atoms with Gasteiger partial charge in [0.25, 0.3) is 0 Å². The lowest BCUT2D eigenvalue weighted by Crippen LogP contribution is -1.98. The normalized spacial score (nSPS) is 9.95. The largest absolute Gasteiger partial charge is 0.495 e. The van der Waals surface area contributed by atoms with Crippen molar-refractivity contribution >= 4 is 0 Å². The van der Waals surface area contributed by atoms with Crippen molar-refractivity contribution < 1.29 is 9.47 Å². The summed E-state index contributed by atoms with van der Waals surface area (Å²) < 4.78 is 11.0. The number of unbranched alkanes of at least 4 members (excludes halogenated alkanes) is 3. The van der Waals surface area contributed by atoms with Gasteiger partial charge in [-0.25, -0.2) is 0 Å². The number of rotatable bonds is 8. The molecule has 0 saturated carbocycles. The van der Waals surface area contributed by atoms with Crippen LogP contribution in [0.1, 0.15) is 43.7 Å². The first kappa shape index (κ1) is 16.6. The van der Waals surface area contributed by atoms with E-state index in [1.807, 2.05) is 18.2 Å². The average Bonchev–Trinajstić information content (AvgIpc) is 2.48. The molecule has 3 nitrogen and oxygen atoms in total. The first-order chi connectivity index (χ1) is 9.81. The molecular formula is C17H25NO2. The minimum atomic E-state index is 0.349. The lowest BCUT2D eigenvalue weighted by molar-refractivity contribution is 0.117. The lowest BCUT2D eigenvalue weighted by atomic mass is 10.1. The van der Waals surface area contributed by atoms with Crippen LogP contribution in [-0.2, 0) is 11.3 Å². The highest BCUT2D eigenvalue weighted by Gasteiger charge is 2.02. The fourth-order valence-corrected chi connectivity index (χ4v) is 1.91. The van der Waals surface area contributed by atoms with Gasteiger partial charge in [-0.15, -0.1) is 0 Å². The number of hydrogen-bond acceptors (Lipinski definition) is 3. The van der Waals surface area contributed by atoms with Crippen LogP contribution in [0.2, 0.25) is 0 Å². The zero-order valence-corrected chi connectivity index (χ0v) is 12.6. The molecule has 20 heavy (non-hydrogen) atoms. The fraction of sp³-hybridized carbons (Fsp3) is 0.529. The molecule has 2 N–H and O–H groups in total. The van der Waals surface area contributed by atoms with Crippen LogP contribution in [0.4, 0.5) is 0 Å². The molecule has 0 fully saturated rings. The molecule has 0 aliphatic carbocycles. The van der Waals surface area contributed by atoms with E-state index in [4.69, 9.17) is 15.2 Å². The Labute approximate surface area is 122 Å². The first-order valence-corrected chi connectivity index (χ1v) is 7.25. The summed E-state index contributed by atoms with van der Waals surface area (Å²) >= 11 is 0. The minimum Gasteiger partial charge on any atom is -0.495 e. The van der Waals surface area contributed by atoms with E-state index in [-0.39, 0.29) is 0 Å². The highest BCUT2D eigenvalue weighted by Crippen LogP contribution is 2.19. The zero-order valence-electron chi connectivity index (χ0n) is 12.6. The van der Waals surface area contributed by atoms with Crippen LogP contribution < -0.4 is 10.5 Å². The van der Waals surface area contributed by atoms with Gasteiger partial charge in [0.05, 0.1) is 25.8 Å². The van der Waals surface area contributed by atoms with Crippen molar-refractivity contribution in [2.45, 2.75) is 39.2 Å². The highest BCUT2D eigenvalue weighted by molar-refractivity contribution is 5.48. The van der Waals surface area contributed by atoms with Crippen molar-refractivity contribution in [1.29, 1.82) is 0 Å². The Kier molecular flexibility index (Phi) is 8.53. The number of methoxy groups -OCH3 is 1. The van der Waals surface area contributed by atoms with Gasteiger partial charge < -0.3 is 15.2 Å². The second-order valence-electron chi connectivity index (χ2n) is 4.65. The van der Waals surface area contributed by atoms with Gasteiger partial charge >= 0.3 is 0 Å². The second kappa shape index (κ2) is 10.3. The van der Waals surface area contributed by atoms with Gasteiger partial charge in [0.15, 0.2) is 0 Å². The molecule has 0 saturated heterocycles. The van der Waals surface area contributed by atoms with E-state index in [1.165, 1.54) is 19.3 Å². The maximum Gasteiger partial charge on any atom is 0.134 e. The molecule has 0 spiro atoms. The third-order valence-electron chi connectivity index (χ3n) is 3.00. The summed E-state index contributed by atoms with van der Waals surface area (Å²) in [6.07, 6.45) is 4.91. The van der Waals surface area contributed by atoms with Crippen molar-refractivity contribution in [3.63, 3.8) is 0 Å². The van der Waals surface area contributed by atoms with Crippen molar-refractivity contribution in [3.8, 4) is 17.6 Å². The molecule has 1 aromatic rings. The maximum atomic E-state index is 5.69. The molecule has 0 bridgehead atoms. The molecule has 3 heteroatoms. The van der Waals surface area contributed by atoms with Crippen LogP contribution in [-0.4, -0.2) is 20.3 Å². The van der Waals surface area contributed by atoms with E-state index < -0.39 is 0 Å². The standard InChI is InChI=1S/C17H25NO2/c1-3-4-5-6-12-20-14-15-9-10-17(19-2)16(13-15)8-7-11-18/h9-10,13H,3-6,11-12,14,18H2,1-2H3. The third-order valence-corrected chi connectivity index (χ3v) is 3.00. The molecule has 1 aromatic carbocycles. The maximum absolute atomic E-state index is 5.69. The molecule has 0 radical (unpaired) electrons. The Morgan fingerprint density at radius 3 is 2.75 bits per heavy atom. The van der Waals surface area contributed by atoms with E-state index in [9.17, 15) is 0 Å².